The fourth-order valence-corrected chi connectivity index (χ4v) is 2.91. The summed E-state index contributed by atoms with van der Waals surface area (Å²) in [5, 5.41) is 13.0. The summed E-state index contributed by atoms with van der Waals surface area (Å²) >= 11 is 2.97. The van der Waals surface area contributed by atoms with Crippen LogP contribution in [0.4, 0.5) is 0 Å². The number of nitrogens with two attached hydrogens (primary N) is 1. The van der Waals surface area contributed by atoms with Crippen molar-refractivity contribution in [2.24, 2.45) is 5.73 Å². The molecule has 0 saturated carbocycles. The molecule has 0 aliphatic heterocycles. The third kappa shape index (κ3) is 2.33. The van der Waals surface area contributed by atoms with Crippen molar-refractivity contribution < 1.29 is 4.74 Å². The van der Waals surface area contributed by atoms with Gasteiger partial charge in [-0.05, 0) is 11.4 Å². The minimum Gasteiger partial charge on any atom is -0.496 e. The van der Waals surface area contributed by atoms with Crippen LogP contribution in [0.15, 0.2) is 29.0 Å². The average molecular weight is 262 g/mol. The Morgan fingerprint density at radius 3 is 2.76 bits per heavy atom. The smallest absolute Gasteiger partial charge is 0.130 e. The minimum atomic E-state index is 0.503. The number of thiophene rings is 2. The van der Waals surface area contributed by atoms with E-state index in [1.54, 1.807) is 7.11 Å². The number of nitriles is 1. The van der Waals surface area contributed by atoms with Crippen LogP contribution in [0.5, 0.6) is 5.75 Å². The third-order valence-electron chi connectivity index (χ3n) is 2.23. The molecular formula is C12H10N2OS2. The van der Waals surface area contributed by atoms with Gasteiger partial charge in [-0.25, -0.2) is 0 Å². The minimum absolute atomic E-state index is 0.503. The Balaban J connectivity index is 2.46. The molecule has 0 unspecified atom stereocenters. The molecule has 2 rings (SSSR count). The standard InChI is InChI=1S/C12H10N2OS2/c1-15-8-5-11(17-7-8)12(14)9(6-13)10-3-2-4-16-10/h2-5,7H,14H2,1H3/b12-9+. The summed E-state index contributed by atoms with van der Waals surface area (Å²) in [6.07, 6.45) is 0. The predicted octanol–water partition coefficient (Wildman–Crippen LogP) is 3.17. The van der Waals surface area contributed by atoms with Crippen LogP contribution >= 0.6 is 22.7 Å². The van der Waals surface area contributed by atoms with E-state index in [2.05, 4.69) is 6.07 Å². The number of methoxy groups -OCH3 is 1. The highest BCUT2D eigenvalue weighted by Crippen LogP contribution is 2.31. The molecule has 17 heavy (non-hydrogen) atoms. The fraction of sp³-hybridized carbons (Fsp3) is 0.0833. The average Bonchev–Trinajstić information content (AvgIpc) is 3.00. The second-order valence-electron chi connectivity index (χ2n) is 3.23. The van der Waals surface area contributed by atoms with Gasteiger partial charge in [0.15, 0.2) is 0 Å². The van der Waals surface area contributed by atoms with Crippen LogP contribution in [0.25, 0.3) is 11.3 Å². The van der Waals surface area contributed by atoms with Crippen LogP contribution in [0, 0.1) is 11.3 Å². The predicted molar refractivity (Wildman–Crippen MR) is 71.8 cm³/mol. The highest BCUT2D eigenvalue weighted by atomic mass is 32.1. The Kier molecular flexibility index (Phi) is 3.47. The molecule has 3 nitrogen and oxygen atoms in total. The van der Waals surface area contributed by atoms with Gasteiger partial charge in [0.25, 0.3) is 0 Å². The molecule has 0 atom stereocenters. The van der Waals surface area contributed by atoms with Crippen molar-refractivity contribution >= 4 is 33.9 Å². The monoisotopic (exact) mass is 262 g/mol. The zero-order valence-electron chi connectivity index (χ0n) is 9.14. The first kappa shape index (κ1) is 11.7. The summed E-state index contributed by atoms with van der Waals surface area (Å²) in [5.41, 5.74) is 7.05. The molecule has 2 aromatic heterocycles. The summed E-state index contributed by atoms with van der Waals surface area (Å²) in [4.78, 5) is 1.74. The largest absolute Gasteiger partial charge is 0.496 e. The topological polar surface area (TPSA) is 59.0 Å². The molecule has 2 heterocycles. The van der Waals surface area contributed by atoms with E-state index >= 15 is 0 Å². The lowest BCUT2D eigenvalue weighted by atomic mass is 10.1. The van der Waals surface area contributed by atoms with Crippen LogP contribution in [0.3, 0.4) is 0 Å². The highest BCUT2D eigenvalue weighted by Gasteiger charge is 2.11. The second-order valence-corrected chi connectivity index (χ2v) is 5.09. The lowest BCUT2D eigenvalue weighted by molar-refractivity contribution is 0.416. The van der Waals surface area contributed by atoms with E-state index in [0.717, 1.165) is 15.5 Å². The number of ether oxygens (including phenoxy) is 1. The lowest BCUT2D eigenvalue weighted by Crippen LogP contribution is -1.97. The zero-order chi connectivity index (χ0) is 12.3. The Hall–Kier alpha value is -1.77. The van der Waals surface area contributed by atoms with Gasteiger partial charge in [-0.2, -0.15) is 5.26 Å². The maximum atomic E-state index is 9.19. The van der Waals surface area contributed by atoms with Crippen molar-refractivity contribution in [2.45, 2.75) is 0 Å². The molecule has 0 aliphatic carbocycles. The molecule has 0 saturated heterocycles. The molecule has 0 radical (unpaired) electrons. The summed E-state index contributed by atoms with van der Waals surface area (Å²) < 4.78 is 5.10. The fourth-order valence-electron chi connectivity index (χ4n) is 1.36. The van der Waals surface area contributed by atoms with Crippen molar-refractivity contribution in [3.63, 3.8) is 0 Å². The van der Waals surface area contributed by atoms with Gasteiger partial charge in [-0.15, -0.1) is 22.7 Å². The first-order chi connectivity index (χ1) is 8.26. The molecule has 0 aromatic carbocycles. The van der Waals surface area contributed by atoms with E-state index in [-0.39, 0.29) is 0 Å². The van der Waals surface area contributed by atoms with Gasteiger partial charge in [0.1, 0.15) is 11.8 Å². The number of hydrogen-bond acceptors (Lipinski definition) is 5. The highest BCUT2D eigenvalue weighted by molar-refractivity contribution is 7.12. The normalized spacial score (nSPS) is 11.8. The van der Waals surface area contributed by atoms with E-state index in [9.17, 15) is 5.26 Å². The molecule has 0 aliphatic rings. The summed E-state index contributed by atoms with van der Waals surface area (Å²) in [6.45, 7) is 0. The van der Waals surface area contributed by atoms with Gasteiger partial charge in [0, 0.05) is 16.3 Å². The SMILES string of the molecule is COc1csc(/C(N)=C(/C#N)c2cccs2)c1. The summed E-state index contributed by atoms with van der Waals surface area (Å²) in [7, 11) is 1.61. The van der Waals surface area contributed by atoms with Gasteiger partial charge in [0.05, 0.1) is 23.3 Å². The van der Waals surface area contributed by atoms with Crippen molar-refractivity contribution in [3.8, 4) is 11.8 Å². The number of hydrogen-bond donors (Lipinski definition) is 1. The molecule has 0 amide bonds. The van der Waals surface area contributed by atoms with Crippen LogP contribution in [-0.4, -0.2) is 7.11 Å². The zero-order valence-corrected chi connectivity index (χ0v) is 10.8. The molecular weight excluding hydrogens is 252 g/mol. The van der Waals surface area contributed by atoms with Gasteiger partial charge in [0.2, 0.25) is 0 Å². The van der Waals surface area contributed by atoms with Gasteiger partial charge < -0.3 is 10.5 Å². The van der Waals surface area contributed by atoms with E-state index in [0.29, 0.717) is 11.3 Å². The van der Waals surface area contributed by atoms with E-state index in [4.69, 9.17) is 10.5 Å². The third-order valence-corrected chi connectivity index (χ3v) is 4.05. The quantitative estimate of drug-likeness (QED) is 0.864. The van der Waals surface area contributed by atoms with Crippen molar-refractivity contribution in [2.75, 3.05) is 7.11 Å². The van der Waals surface area contributed by atoms with Crippen LogP contribution in [0.1, 0.15) is 9.75 Å². The van der Waals surface area contributed by atoms with Gasteiger partial charge in [-0.1, -0.05) is 6.07 Å². The molecule has 0 bridgehead atoms. The Bertz CT molecular complexity index is 576. The van der Waals surface area contributed by atoms with Gasteiger partial charge in [-0.3, -0.25) is 0 Å². The van der Waals surface area contributed by atoms with Crippen LogP contribution < -0.4 is 10.5 Å². The first-order valence-electron chi connectivity index (χ1n) is 4.83. The first-order valence-corrected chi connectivity index (χ1v) is 6.58. The van der Waals surface area contributed by atoms with Crippen molar-refractivity contribution in [1.29, 1.82) is 5.26 Å². The molecule has 5 heteroatoms. The van der Waals surface area contributed by atoms with E-state index in [1.165, 1.54) is 22.7 Å². The number of allylic oxidation sites excluding steroid dienone is 1. The Morgan fingerprint density at radius 2 is 2.24 bits per heavy atom. The van der Waals surface area contributed by atoms with Crippen LogP contribution in [-0.2, 0) is 0 Å². The molecule has 0 spiro atoms. The van der Waals surface area contributed by atoms with E-state index in [1.807, 2.05) is 29.0 Å². The second kappa shape index (κ2) is 5.04. The molecule has 2 N–H and O–H groups in total. The Labute approximate surface area is 107 Å². The Morgan fingerprint density at radius 1 is 1.41 bits per heavy atom. The maximum absolute atomic E-state index is 9.19. The van der Waals surface area contributed by atoms with Crippen LogP contribution in [0.2, 0.25) is 0 Å². The van der Waals surface area contributed by atoms with Crippen molar-refractivity contribution in [3.05, 3.63) is 38.7 Å². The lowest BCUT2D eigenvalue weighted by Gasteiger charge is -2.00. The number of rotatable bonds is 3. The number of nitrogens with zero attached hydrogens (tertiary/aromatic N) is 1. The summed E-state index contributed by atoms with van der Waals surface area (Å²) in [6, 6.07) is 7.79. The van der Waals surface area contributed by atoms with Crippen molar-refractivity contribution in [1.82, 2.24) is 0 Å². The van der Waals surface area contributed by atoms with Gasteiger partial charge >= 0.3 is 0 Å². The molecule has 86 valence electrons. The van der Waals surface area contributed by atoms with E-state index < -0.39 is 0 Å². The maximum Gasteiger partial charge on any atom is 0.130 e. The molecule has 0 fully saturated rings. The molecule has 2 aromatic rings. The summed E-state index contributed by atoms with van der Waals surface area (Å²) in [5.74, 6) is 0.761.